The van der Waals surface area contributed by atoms with Crippen molar-refractivity contribution in [2.75, 3.05) is 24.5 Å². The van der Waals surface area contributed by atoms with Crippen LogP contribution in [0.15, 0.2) is 114 Å². The van der Waals surface area contributed by atoms with E-state index in [0.29, 0.717) is 12.0 Å². The number of anilines is 1. The highest BCUT2D eigenvalue weighted by Gasteiger charge is 2.29. The quantitative estimate of drug-likeness (QED) is 0.194. The molecular weight excluding hydrogens is 598 g/mol. The van der Waals surface area contributed by atoms with Gasteiger partial charge >= 0.3 is 0 Å². The van der Waals surface area contributed by atoms with E-state index in [1.54, 1.807) is 24.5 Å². The second kappa shape index (κ2) is 13.7. The van der Waals surface area contributed by atoms with E-state index >= 15 is 0 Å². The normalized spacial score (nSPS) is 14.7. The predicted octanol–water partition coefficient (Wildman–Crippen LogP) is 5.15. The number of hydrogen-bond donors (Lipinski definition) is 2. The fraction of sp³-hybridized carbons (Fsp3) is 0.250. The Morgan fingerprint density at radius 3 is 2.30 bits per heavy atom. The summed E-state index contributed by atoms with van der Waals surface area (Å²) in [6, 6.07) is 27.7. The molecule has 1 saturated heterocycles. The molecule has 6 rings (SSSR count). The number of ketones is 1. The predicted molar refractivity (Wildman–Crippen MR) is 180 cm³/mol. The molecule has 1 atom stereocenters. The van der Waals surface area contributed by atoms with Gasteiger partial charge in [-0.05, 0) is 73.0 Å². The van der Waals surface area contributed by atoms with Crippen LogP contribution in [0.4, 0.5) is 5.69 Å². The third kappa shape index (κ3) is 7.03. The number of nitrogens with zero attached hydrogens (tertiary/aromatic N) is 3. The maximum atomic E-state index is 13.9. The SMILES string of the molecule is CC(Cc1c(C(=O)C2CCN(c3ccncc3)CC2)ccn1-c1ccccc1)NC(=O)CNS(=O)(=O)c1ccc2ccccc2c1. The molecule has 236 valence electrons. The Balaban J connectivity index is 1.13. The lowest BCUT2D eigenvalue weighted by molar-refractivity contribution is -0.120. The highest BCUT2D eigenvalue weighted by molar-refractivity contribution is 7.89. The zero-order chi connectivity index (χ0) is 32.1. The Kier molecular flexibility index (Phi) is 9.28. The molecule has 1 aliphatic rings. The molecule has 0 saturated carbocycles. The fourth-order valence-corrected chi connectivity index (χ4v) is 7.17. The van der Waals surface area contributed by atoms with Gasteiger partial charge in [-0.2, -0.15) is 0 Å². The smallest absolute Gasteiger partial charge is 0.241 e. The summed E-state index contributed by atoms with van der Waals surface area (Å²) in [5, 5.41) is 4.65. The van der Waals surface area contributed by atoms with Gasteiger partial charge in [-0.25, -0.2) is 13.1 Å². The number of rotatable bonds is 11. The Labute approximate surface area is 269 Å². The van der Waals surface area contributed by atoms with Crippen LogP contribution < -0.4 is 14.9 Å². The monoisotopic (exact) mass is 635 g/mol. The number of pyridine rings is 1. The molecule has 2 aromatic heterocycles. The average molecular weight is 636 g/mol. The van der Waals surface area contributed by atoms with Crippen molar-refractivity contribution in [1.29, 1.82) is 0 Å². The Morgan fingerprint density at radius 2 is 1.57 bits per heavy atom. The first-order valence-corrected chi connectivity index (χ1v) is 17.0. The number of nitrogens with one attached hydrogen (secondary N) is 2. The number of hydrogen-bond acceptors (Lipinski definition) is 6. The number of para-hydroxylation sites is 1. The molecule has 0 bridgehead atoms. The van der Waals surface area contributed by atoms with Crippen LogP contribution in [0, 0.1) is 5.92 Å². The second-order valence-corrected chi connectivity index (χ2v) is 13.5. The van der Waals surface area contributed by atoms with Gasteiger partial charge in [0, 0.05) is 72.7 Å². The number of amides is 1. The van der Waals surface area contributed by atoms with Crippen molar-refractivity contribution in [2.45, 2.75) is 37.1 Å². The number of piperidine rings is 1. The minimum Gasteiger partial charge on any atom is -0.371 e. The standard InChI is InChI=1S/C36H37N5O4S/c1-26(39-35(42)25-38-46(44,45)32-12-11-27-7-5-6-8-29(27)24-32)23-34-33(17-22-41(34)31-9-3-2-4-10-31)36(43)28-15-20-40(21-16-28)30-13-18-37-19-14-30/h2-14,17-19,22,24,26,28,38H,15-16,20-21,23,25H2,1H3,(H,39,42). The first-order valence-electron chi connectivity index (χ1n) is 15.5. The minimum atomic E-state index is -3.89. The number of sulfonamides is 1. The van der Waals surface area contributed by atoms with Crippen LogP contribution in [0.5, 0.6) is 0 Å². The van der Waals surface area contributed by atoms with Gasteiger partial charge in [0.25, 0.3) is 0 Å². The van der Waals surface area contributed by atoms with Crippen molar-refractivity contribution in [3.05, 3.63) is 121 Å². The van der Waals surface area contributed by atoms with Crippen molar-refractivity contribution < 1.29 is 18.0 Å². The molecule has 9 nitrogen and oxygen atoms in total. The maximum Gasteiger partial charge on any atom is 0.241 e. The van der Waals surface area contributed by atoms with E-state index in [0.717, 1.165) is 53.8 Å². The molecule has 1 fully saturated rings. The summed E-state index contributed by atoms with van der Waals surface area (Å²) in [6.45, 7) is 3.04. The van der Waals surface area contributed by atoms with Gasteiger partial charge in [0.1, 0.15) is 0 Å². The lowest BCUT2D eigenvalue weighted by Crippen LogP contribution is -2.42. The van der Waals surface area contributed by atoms with Gasteiger partial charge in [-0.3, -0.25) is 14.6 Å². The lowest BCUT2D eigenvalue weighted by atomic mass is 9.88. The van der Waals surface area contributed by atoms with Crippen molar-refractivity contribution in [1.82, 2.24) is 19.6 Å². The van der Waals surface area contributed by atoms with Crippen LogP contribution in [-0.2, 0) is 21.2 Å². The molecule has 1 unspecified atom stereocenters. The van der Waals surface area contributed by atoms with Gasteiger partial charge < -0.3 is 14.8 Å². The van der Waals surface area contributed by atoms with Crippen LogP contribution >= 0.6 is 0 Å². The Morgan fingerprint density at radius 1 is 0.870 bits per heavy atom. The first-order chi connectivity index (χ1) is 22.3. The molecule has 3 aromatic carbocycles. The van der Waals surface area contributed by atoms with Crippen LogP contribution in [0.1, 0.15) is 35.8 Å². The fourth-order valence-electron chi connectivity index (χ4n) is 6.15. The minimum absolute atomic E-state index is 0.0992. The zero-order valence-corrected chi connectivity index (χ0v) is 26.5. The van der Waals surface area contributed by atoms with Gasteiger partial charge in [0.05, 0.1) is 11.4 Å². The van der Waals surface area contributed by atoms with E-state index in [1.165, 1.54) is 6.07 Å². The summed E-state index contributed by atoms with van der Waals surface area (Å²) in [4.78, 5) is 33.3. The summed E-state index contributed by atoms with van der Waals surface area (Å²) in [7, 11) is -3.89. The van der Waals surface area contributed by atoms with Crippen LogP contribution in [0.25, 0.3) is 16.5 Å². The molecule has 0 aliphatic carbocycles. The molecule has 5 aromatic rings. The third-order valence-corrected chi connectivity index (χ3v) is 9.95. The van der Waals surface area contributed by atoms with Gasteiger partial charge in [-0.15, -0.1) is 0 Å². The number of Topliss-reactive ketones (excluding diaryl/α,β-unsaturated/α-hetero) is 1. The summed E-state index contributed by atoms with van der Waals surface area (Å²) in [6.07, 6.45) is 7.37. The number of carbonyl (C=O) groups is 2. The van der Waals surface area contributed by atoms with Gasteiger partial charge in [0.2, 0.25) is 15.9 Å². The molecular formula is C36H37N5O4S. The summed E-state index contributed by atoms with van der Waals surface area (Å²) < 4.78 is 30.3. The van der Waals surface area contributed by atoms with E-state index in [4.69, 9.17) is 0 Å². The molecule has 0 radical (unpaired) electrons. The van der Waals surface area contributed by atoms with E-state index in [9.17, 15) is 18.0 Å². The van der Waals surface area contributed by atoms with Crippen LogP contribution in [0.2, 0.25) is 0 Å². The lowest BCUT2D eigenvalue weighted by Gasteiger charge is -2.33. The summed E-state index contributed by atoms with van der Waals surface area (Å²) in [5.41, 5.74) is 3.51. The molecule has 10 heteroatoms. The van der Waals surface area contributed by atoms with Crippen molar-refractivity contribution in [3.8, 4) is 5.69 Å². The second-order valence-electron chi connectivity index (χ2n) is 11.7. The number of aromatic nitrogens is 2. The molecule has 3 heterocycles. The Hall–Kier alpha value is -4.80. The summed E-state index contributed by atoms with van der Waals surface area (Å²) >= 11 is 0. The van der Waals surface area contributed by atoms with Crippen LogP contribution in [-0.4, -0.2) is 55.3 Å². The number of benzene rings is 3. The maximum absolute atomic E-state index is 13.9. The van der Waals surface area contributed by atoms with Crippen molar-refractivity contribution in [3.63, 3.8) is 0 Å². The number of carbonyl (C=O) groups excluding carboxylic acids is 2. The largest absolute Gasteiger partial charge is 0.371 e. The van der Waals surface area contributed by atoms with E-state index in [2.05, 4.69) is 19.9 Å². The molecule has 0 spiro atoms. The topological polar surface area (TPSA) is 113 Å². The highest BCUT2D eigenvalue weighted by Crippen LogP contribution is 2.29. The highest BCUT2D eigenvalue weighted by atomic mass is 32.2. The molecule has 2 N–H and O–H groups in total. The molecule has 1 amide bonds. The van der Waals surface area contributed by atoms with Crippen molar-refractivity contribution in [2.24, 2.45) is 5.92 Å². The van der Waals surface area contributed by atoms with E-state index in [1.807, 2.05) is 90.5 Å². The zero-order valence-electron chi connectivity index (χ0n) is 25.7. The average Bonchev–Trinajstić information content (AvgIpc) is 3.50. The third-order valence-electron chi connectivity index (χ3n) is 8.55. The first kappa shape index (κ1) is 31.2. The van der Waals surface area contributed by atoms with Gasteiger partial charge in [-0.1, -0.05) is 48.5 Å². The molecule has 1 aliphatic heterocycles. The Bertz CT molecular complexity index is 1940. The van der Waals surface area contributed by atoms with E-state index in [-0.39, 0.29) is 22.6 Å². The summed E-state index contributed by atoms with van der Waals surface area (Å²) in [5.74, 6) is -0.440. The van der Waals surface area contributed by atoms with E-state index < -0.39 is 22.5 Å². The van der Waals surface area contributed by atoms with Crippen LogP contribution in [0.3, 0.4) is 0 Å². The van der Waals surface area contributed by atoms with Crippen molar-refractivity contribution >= 4 is 38.2 Å². The molecule has 46 heavy (non-hydrogen) atoms. The number of fused-ring (bicyclic) bond motifs is 1. The van der Waals surface area contributed by atoms with Gasteiger partial charge in [0.15, 0.2) is 5.78 Å².